The number of anilines is 1. The van der Waals surface area contributed by atoms with Crippen molar-refractivity contribution in [2.45, 2.75) is 19.8 Å². The quantitative estimate of drug-likeness (QED) is 0.652. The van der Waals surface area contributed by atoms with E-state index in [1.54, 1.807) is 12.1 Å². The number of hydrogen-bond donors (Lipinski definition) is 1. The Hall–Kier alpha value is -2.44. The molecule has 1 aliphatic rings. The van der Waals surface area contributed by atoms with Gasteiger partial charge < -0.3 is 19.5 Å². The number of amides is 1. The van der Waals surface area contributed by atoms with E-state index in [2.05, 4.69) is 5.32 Å². The minimum atomic E-state index is -0.135. The van der Waals surface area contributed by atoms with Gasteiger partial charge in [0, 0.05) is 25.1 Å². The molecule has 2 aromatic rings. The third-order valence-electron chi connectivity index (χ3n) is 4.56. The number of carbonyl (C=O) groups excluding carboxylic acids is 1. The molecule has 0 radical (unpaired) electrons. The van der Waals surface area contributed by atoms with Gasteiger partial charge in [0.15, 0.2) is 11.5 Å². The molecule has 0 unspecified atom stereocenters. The Morgan fingerprint density at radius 1 is 1.21 bits per heavy atom. The molecule has 1 heterocycles. The number of nitrogens with one attached hydrogen (secondary N) is 1. The summed E-state index contributed by atoms with van der Waals surface area (Å²) in [6, 6.07) is 11.3. The minimum absolute atomic E-state index is 0.135. The fourth-order valence-electron chi connectivity index (χ4n) is 3.03. The lowest BCUT2D eigenvalue weighted by molar-refractivity contribution is -0.117. The van der Waals surface area contributed by atoms with Crippen LogP contribution in [0.15, 0.2) is 36.4 Å². The average molecular weight is 419 g/mol. The number of para-hydroxylation sites is 1. The van der Waals surface area contributed by atoms with Gasteiger partial charge >= 0.3 is 0 Å². The van der Waals surface area contributed by atoms with E-state index >= 15 is 0 Å². The van der Waals surface area contributed by atoms with Gasteiger partial charge in [0.2, 0.25) is 5.91 Å². The molecular weight excluding hydrogens is 392 g/mol. The molecule has 2 aromatic carbocycles. The highest BCUT2D eigenvalue weighted by atomic mass is 35.5. The number of halogens is 1. The second kappa shape index (κ2) is 10.4. The fourth-order valence-corrected chi connectivity index (χ4v) is 3.23. The summed E-state index contributed by atoms with van der Waals surface area (Å²) in [6.45, 7) is 4.80. The Morgan fingerprint density at radius 3 is 2.69 bits per heavy atom. The van der Waals surface area contributed by atoms with Gasteiger partial charge in [-0.15, -0.1) is 0 Å². The molecule has 0 fully saturated rings. The van der Waals surface area contributed by atoms with Crippen molar-refractivity contribution in [1.29, 1.82) is 0 Å². The third-order valence-corrected chi connectivity index (χ3v) is 4.87. The summed E-state index contributed by atoms with van der Waals surface area (Å²) in [5, 5.41) is 3.28. The van der Waals surface area contributed by atoms with Crippen LogP contribution in [0, 0.1) is 6.92 Å². The summed E-state index contributed by atoms with van der Waals surface area (Å²) < 4.78 is 17.1. The molecule has 6 nitrogen and oxygen atoms in total. The zero-order valence-electron chi connectivity index (χ0n) is 16.9. The lowest BCUT2D eigenvalue weighted by atomic mass is 10.2. The van der Waals surface area contributed by atoms with Gasteiger partial charge in [0.05, 0.1) is 37.1 Å². The Labute approximate surface area is 176 Å². The molecule has 0 spiro atoms. The average Bonchev–Trinajstić information content (AvgIpc) is 2.91. The van der Waals surface area contributed by atoms with E-state index in [-0.39, 0.29) is 12.5 Å². The van der Waals surface area contributed by atoms with E-state index in [9.17, 15) is 4.79 Å². The molecular formula is C22H27ClN2O4. The zero-order chi connectivity index (χ0) is 20.6. The van der Waals surface area contributed by atoms with Crippen molar-refractivity contribution in [3.05, 3.63) is 47.0 Å². The Kier molecular flexibility index (Phi) is 7.61. The summed E-state index contributed by atoms with van der Waals surface area (Å²) in [5.74, 6) is 1.97. The van der Waals surface area contributed by atoms with Gasteiger partial charge in [-0.1, -0.05) is 29.8 Å². The highest BCUT2D eigenvalue weighted by molar-refractivity contribution is 6.34. The Balaban J connectivity index is 1.44. The summed E-state index contributed by atoms with van der Waals surface area (Å²) >= 11 is 6.29. The molecule has 156 valence electrons. The maximum absolute atomic E-state index is 12.4. The van der Waals surface area contributed by atoms with E-state index in [1.165, 1.54) is 0 Å². The van der Waals surface area contributed by atoms with Gasteiger partial charge in [-0.25, -0.2) is 0 Å². The first kappa shape index (κ1) is 21.3. The van der Waals surface area contributed by atoms with Crippen molar-refractivity contribution in [2.24, 2.45) is 0 Å². The number of hydrogen-bond acceptors (Lipinski definition) is 5. The first-order valence-corrected chi connectivity index (χ1v) is 10.2. The van der Waals surface area contributed by atoms with Gasteiger partial charge in [0.1, 0.15) is 5.75 Å². The number of rotatable bonds is 8. The standard InChI is InChI=1S/C22H27ClN2O4/c1-16-7-3-4-8-19(16)27-10-5-9-25(2)15-22(26)24-18-14-21-20(13-17(18)23)28-11-6-12-29-21/h3-4,7-8,13-14H,5-6,9-12,15H2,1-2H3,(H,24,26). The molecule has 0 aliphatic carbocycles. The van der Waals surface area contributed by atoms with E-state index in [0.29, 0.717) is 42.0 Å². The van der Waals surface area contributed by atoms with Crippen LogP contribution >= 0.6 is 11.6 Å². The lowest BCUT2D eigenvalue weighted by Crippen LogP contribution is -2.31. The smallest absolute Gasteiger partial charge is 0.238 e. The second-order valence-electron chi connectivity index (χ2n) is 7.08. The topological polar surface area (TPSA) is 60.0 Å². The molecule has 0 saturated carbocycles. The van der Waals surface area contributed by atoms with Crippen LogP contribution in [0.5, 0.6) is 17.2 Å². The summed E-state index contributed by atoms with van der Waals surface area (Å²) in [7, 11) is 1.91. The third kappa shape index (κ3) is 6.27. The van der Waals surface area contributed by atoms with Crippen molar-refractivity contribution in [1.82, 2.24) is 4.90 Å². The van der Waals surface area contributed by atoms with Gasteiger partial charge in [-0.05, 0) is 32.0 Å². The fraction of sp³-hybridized carbons (Fsp3) is 0.409. The maximum Gasteiger partial charge on any atom is 0.238 e. The molecule has 0 saturated heterocycles. The monoisotopic (exact) mass is 418 g/mol. The highest BCUT2D eigenvalue weighted by Gasteiger charge is 2.16. The minimum Gasteiger partial charge on any atom is -0.493 e. The van der Waals surface area contributed by atoms with Crippen LogP contribution < -0.4 is 19.5 Å². The number of benzene rings is 2. The van der Waals surface area contributed by atoms with Crippen molar-refractivity contribution >= 4 is 23.2 Å². The van der Waals surface area contributed by atoms with Crippen LogP contribution in [-0.2, 0) is 4.79 Å². The Morgan fingerprint density at radius 2 is 1.93 bits per heavy atom. The number of likely N-dealkylation sites (N-methyl/N-ethyl adjacent to an activating group) is 1. The number of aryl methyl sites for hydroxylation is 1. The van der Waals surface area contributed by atoms with E-state index in [0.717, 1.165) is 30.7 Å². The van der Waals surface area contributed by atoms with Crippen LogP contribution in [0.4, 0.5) is 5.69 Å². The molecule has 0 aromatic heterocycles. The SMILES string of the molecule is Cc1ccccc1OCCCN(C)CC(=O)Nc1cc2c(cc1Cl)OCCCO2. The summed E-state index contributed by atoms with van der Waals surface area (Å²) in [6.07, 6.45) is 1.63. The van der Waals surface area contributed by atoms with E-state index < -0.39 is 0 Å². The van der Waals surface area contributed by atoms with E-state index in [1.807, 2.05) is 43.1 Å². The molecule has 1 amide bonds. The molecule has 1 N–H and O–H groups in total. The van der Waals surface area contributed by atoms with Crippen LogP contribution in [-0.4, -0.2) is 50.8 Å². The van der Waals surface area contributed by atoms with Crippen molar-refractivity contribution in [2.75, 3.05) is 45.3 Å². The van der Waals surface area contributed by atoms with Crippen LogP contribution in [0.2, 0.25) is 5.02 Å². The highest BCUT2D eigenvalue weighted by Crippen LogP contribution is 2.37. The zero-order valence-corrected chi connectivity index (χ0v) is 17.6. The molecule has 0 atom stereocenters. The molecule has 7 heteroatoms. The Bertz CT molecular complexity index is 844. The molecule has 3 rings (SSSR count). The number of nitrogens with zero attached hydrogens (tertiary/aromatic N) is 1. The second-order valence-corrected chi connectivity index (χ2v) is 7.49. The summed E-state index contributed by atoms with van der Waals surface area (Å²) in [5.41, 5.74) is 1.64. The molecule has 1 aliphatic heterocycles. The predicted molar refractivity (Wildman–Crippen MR) is 114 cm³/mol. The summed E-state index contributed by atoms with van der Waals surface area (Å²) in [4.78, 5) is 14.3. The lowest BCUT2D eigenvalue weighted by Gasteiger charge is -2.17. The number of fused-ring (bicyclic) bond motifs is 1. The van der Waals surface area contributed by atoms with Gasteiger partial charge in [-0.2, -0.15) is 0 Å². The normalized spacial score (nSPS) is 13.1. The first-order valence-electron chi connectivity index (χ1n) is 9.79. The molecule has 0 bridgehead atoms. The number of ether oxygens (including phenoxy) is 3. The largest absolute Gasteiger partial charge is 0.493 e. The van der Waals surface area contributed by atoms with Gasteiger partial charge in [-0.3, -0.25) is 9.69 Å². The van der Waals surface area contributed by atoms with Gasteiger partial charge in [0.25, 0.3) is 0 Å². The molecule has 29 heavy (non-hydrogen) atoms. The van der Waals surface area contributed by atoms with Crippen molar-refractivity contribution in [3.63, 3.8) is 0 Å². The van der Waals surface area contributed by atoms with Crippen molar-refractivity contribution < 1.29 is 19.0 Å². The maximum atomic E-state index is 12.4. The van der Waals surface area contributed by atoms with Crippen LogP contribution in [0.25, 0.3) is 0 Å². The van der Waals surface area contributed by atoms with Crippen molar-refractivity contribution in [3.8, 4) is 17.2 Å². The first-order chi connectivity index (χ1) is 14.0. The number of carbonyl (C=O) groups is 1. The van der Waals surface area contributed by atoms with Crippen LogP contribution in [0.1, 0.15) is 18.4 Å². The van der Waals surface area contributed by atoms with Crippen LogP contribution in [0.3, 0.4) is 0 Å². The van der Waals surface area contributed by atoms with E-state index in [4.69, 9.17) is 25.8 Å². The predicted octanol–water partition coefficient (Wildman–Crippen LogP) is 4.15.